The highest BCUT2D eigenvalue weighted by Gasteiger charge is 2.30. The molecular formula is C22H20N4O5. The number of aliphatic carboxylic acids is 1. The summed E-state index contributed by atoms with van der Waals surface area (Å²) < 4.78 is 12.1. The van der Waals surface area contributed by atoms with E-state index in [1.54, 1.807) is 49.2 Å². The van der Waals surface area contributed by atoms with Crippen LogP contribution >= 0.6 is 0 Å². The number of carboxylic acids is 1. The molecule has 3 aromatic rings. The van der Waals surface area contributed by atoms with E-state index in [0.29, 0.717) is 17.2 Å². The molecule has 1 atom stereocenters. The largest absolute Gasteiger partial charge is 0.497 e. The third kappa shape index (κ3) is 3.80. The van der Waals surface area contributed by atoms with Gasteiger partial charge in [0.15, 0.2) is 0 Å². The fourth-order valence-electron chi connectivity index (χ4n) is 3.39. The van der Waals surface area contributed by atoms with Crippen LogP contribution in [0.4, 0.5) is 11.5 Å². The van der Waals surface area contributed by atoms with Gasteiger partial charge in [0.2, 0.25) is 0 Å². The molecule has 1 aromatic heterocycles. The summed E-state index contributed by atoms with van der Waals surface area (Å²) >= 11 is 0. The van der Waals surface area contributed by atoms with Crippen LogP contribution in [-0.2, 0) is 4.79 Å². The van der Waals surface area contributed by atoms with Gasteiger partial charge in [0.1, 0.15) is 34.6 Å². The average Bonchev–Trinajstić information content (AvgIpc) is 3.23. The second-order valence-corrected chi connectivity index (χ2v) is 6.73. The molecule has 0 unspecified atom stereocenters. The maximum Gasteiger partial charge on any atom is 0.352 e. The average molecular weight is 420 g/mol. The molecule has 1 aliphatic heterocycles. The number of aromatic nitrogens is 2. The Morgan fingerprint density at radius 1 is 1.10 bits per heavy atom. The van der Waals surface area contributed by atoms with E-state index in [2.05, 4.69) is 15.7 Å². The third-order valence-corrected chi connectivity index (χ3v) is 4.92. The lowest BCUT2D eigenvalue weighted by atomic mass is 10.0. The van der Waals surface area contributed by atoms with Crippen LogP contribution in [0.1, 0.15) is 22.0 Å². The number of benzene rings is 2. The van der Waals surface area contributed by atoms with Crippen LogP contribution in [0.3, 0.4) is 0 Å². The summed E-state index contributed by atoms with van der Waals surface area (Å²) in [6, 6.07) is 13.6. The van der Waals surface area contributed by atoms with E-state index >= 15 is 0 Å². The number of carbonyl (C=O) groups excluding carboxylic acids is 1. The standard InChI is InChI=1S/C22H20N4O5/c1-30-14-9-7-13(8-10-14)24-21(27)16-12-23-26-18(11-17(22(28)29)25-20(16)26)15-5-3-4-6-19(15)31-2/h3-12,18,25H,1-2H3,(H,24,27)(H,28,29)/t18-/m0/s1. The molecule has 0 radical (unpaired) electrons. The Balaban J connectivity index is 1.71. The molecule has 4 rings (SSSR count). The number of nitrogens with zero attached hydrogens (tertiary/aromatic N) is 2. The van der Waals surface area contributed by atoms with Gasteiger partial charge < -0.3 is 25.2 Å². The van der Waals surface area contributed by atoms with E-state index in [1.165, 1.54) is 12.3 Å². The molecule has 9 nitrogen and oxygen atoms in total. The van der Waals surface area contributed by atoms with Crippen molar-refractivity contribution in [3.63, 3.8) is 0 Å². The summed E-state index contributed by atoms with van der Waals surface area (Å²) in [4.78, 5) is 24.7. The van der Waals surface area contributed by atoms with Crippen LogP contribution in [-0.4, -0.2) is 41.0 Å². The van der Waals surface area contributed by atoms with E-state index < -0.39 is 17.9 Å². The fourth-order valence-corrected chi connectivity index (χ4v) is 3.39. The molecule has 158 valence electrons. The minimum absolute atomic E-state index is 0.0533. The first-order chi connectivity index (χ1) is 15.0. The Morgan fingerprint density at radius 3 is 2.52 bits per heavy atom. The minimum atomic E-state index is -1.14. The summed E-state index contributed by atoms with van der Waals surface area (Å²) in [6.45, 7) is 0. The lowest BCUT2D eigenvalue weighted by Gasteiger charge is -2.25. The van der Waals surface area contributed by atoms with Crippen LogP contribution in [0.25, 0.3) is 0 Å². The quantitative estimate of drug-likeness (QED) is 0.561. The van der Waals surface area contributed by atoms with E-state index in [1.807, 2.05) is 18.2 Å². The van der Waals surface area contributed by atoms with Crippen molar-refractivity contribution in [1.29, 1.82) is 0 Å². The Morgan fingerprint density at radius 2 is 1.84 bits per heavy atom. The van der Waals surface area contributed by atoms with Gasteiger partial charge in [-0.25, -0.2) is 9.48 Å². The van der Waals surface area contributed by atoms with E-state index in [0.717, 1.165) is 5.56 Å². The molecule has 0 spiro atoms. The Labute approximate surface area is 177 Å². The fraction of sp³-hybridized carbons (Fsp3) is 0.136. The van der Waals surface area contributed by atoms with Gasteiger partial charge in [-0.1, -0.05) is 18.2 Å². The number of para-hydroxylation sites is 1. The second kappa shape index (κ2) is 8.23. The molecule has 9 heteroatoms. The van der Waals surface area contributed by atoms with Crippen molar-refractivity contribution in [2.24, 2.45) is 0 Å². The maximum absolute atomic E-state index is 12.9. The van der Waals surface area contributed by atoms with E-state index in [-0.39, 0.29) is 17.1 Å². The number of hydrogen-bond donors (Lipinski definition) is 3. The number of methoxy groups -OCH3 is 2. The molecule has 0 saturated carbocycles. The van der Waals surface area contributed by atoms with Crippen molar-refractivity contribution < 1.29 is 24.2 Å². The first kappa shape index (κ1) is 20.0. The number of carboxylic acid groups (broad SMARTS) is 1. The summed E-state index contributed by atoms with van der Waals surface area (Å²) in [5, 5.41) is 19.6. The number of anilines is 2. The zero-order valence-electron chi connectivity index (χ0n) is 16.8. The normalized spacial score (nSPS) is 14.6. The highest BCUT2D eigenvalue weighted by atomic mass is 16.5. The molecule has 0 bridgehead atoms. The van der Waals surface area contributed by atoms with Crippen molar-refractivity contribution in [3.8, 4) is 11.5 Å². The molecule has 1 amide bonds. The van der Waals surface area contributed by atoms with E-state index in [9.17, 15) is 14.7 Å². The summed E-state index contributed by atoms with van der Waals surface area (Å²) in [6.07, 6.45) is 2.94. The maximum atomic E-state index is 12.9. The SMILES string of the molecule is COc1ccc(NC(=O)c2cnn3c2NC(C(=O)O)=C[C@H]3c2ccccc2OC)cc1. The smallest absolute Gasteiger partial charge is 0.352 e. The lowest BCUT2D eigenvalue weighted by Crippen LogP contribution is -2.26. The molecule has 0 saturated heterocycles. The van der Waals surface area contributed by atoms with Gasteiger partial charge in [-0.2, -0.15) is 5.10 Å². The molecule has 0 fully saturated rings. The number of rotatable bonds is 6. The lowest BCUT2D eigenvalue weighted by molar-refractivity contribution is -0.132. The van der Waals surface area contributed by atoms with Crippen molar-refractivity contribution >= 4 is 23.4 Å². The predicted octanol–water partition coefficient (Wildman–Crippen LogP) is 3.14. The molecule has 2 heterocycles. The Bertz CT molecular complexity index is 1170. The molecule has 3 N–H and O–H groups in total. The van der Waals surface area contributed by atoms with Crippen LogP contribution in [0.15, 0.2) is 66.5 Å². The van der Waals surface area contributed by atoms with Gasteiger partial charge in [-0.05, 0) is 36.4 Å². The summed E-state index contributed by atoms with van der Waals surface area (Å²) in [7, 11) is 3.10. The predicted molar refractivity (Wildman–Crippen MR) is 114 cm³/mol. The third-order valence-electron chi connectivity index (χ3n) is 4.92. The first-order valence-corrected chi connectivity index (χ1v) is 9.39. The number of hydrogen-bond acceptors (Lipinski definition) is 6. The molecule has 1 aliphatic rings. The minimum Gasteiger partial charge on any atom is -0.497 e. The van der Waals surface area contributed by atoms with Crippen LogP contribution in [0, 0.1) is 0 Å². The van der Waals surface area contributed by atoms with Gasteiger partial charge in [0, 0.05) is 11.3 Å². The second-order valence-electron chi connectivity index (χ2n) is 6.73. The summed E-state index contributed by atoms with van der Waals surface area (Å²) in [5.41, 5.74) is 1.44. The zero-order chi connectivity index (χ0) is 22.0. The highest BCUT2D eigenvalue weighted by Crippen LogP contribution is 2.36. The molecule has 31 heavy (non-hydrogen) atoms. The van der Waals surface area contributed by atoms with Gasteiger partial charge in [-0.15, -0.1) is 0 Å². The topological polar surface area (TPSA) is 115 Å². The van der Waals surface area contributed by atoms with Crippen molar-refractivity contribution in [1.82, 2.24) is 9.78 Å². The van der Waals surface area contributed by atoms with Gasteiger partial charge >= 0.3 is 5.97 Å². The Kier molecular flexibility index (Phi) is 5.31. The molecular weight excluding hydrogens is 400 g/mol. The highest BCUT2D eigenvalue weighted by molar-refractivity contribution is 6.08. The van der Waals surface area contributed by atoms with Crippen LogP contribution in [0.5, 0.6) is 11.5 Å². The number of ether oxygens (including phenoxy) is 2. The van der Waals surface area contributed by atoms with Gasteiger partial charge in [-0.3, -0.25) is 4.79 Å². The van der Waals surface area contributed by atoms with E-state index in [4.69, 9.17) is 9.47 Å². The van der Waals surface area contributed by atoms with Crippen LogP contribution < -0.4 is 20.1 Å². The molecule has 0 aliphatic carbocycles. The van der Waals surface area contributed by atoms with Crippen molar-refractivity contribution in [3.05, 3.63) is 77.6 Å². The Hall–Kier alpha value is -4.27. The van der Waals surface area contributed by atoms with Crippen molar-refractivity contribution in [2.45, 2.75) is 6.04 Å². The number of amides is 1. The number of allylic oxidation sites excluding steroid dienone is 1. The zero-order valence-corrected chi connectivity index (χ0v) is 16.8. The first-order valence-electron chi connectivity index (χ1n) is 9.39. The van der Waals surface area contributed by atoms with Gasteiger partial charge in [0.05, 0.1) is 20.4 Å². The van der Waals surface area contributed by atoms with Crippen molar-refractivity contribution in [2.75, 3.05) is 24.9 Å². The molecule has 2 aromatic carbocycles. The van der Waals surface area contributed by atoms with Crippen LogP contribution in [0.2, 0.25) is 0 Å². The summed E-state index contributed by atoms with van der Waals surface area (Å²) in [5.74, 6) is -0.0421. The number of carbonyl (C=O) groups is 2. The number of nitrogens with one attached hydrogen (secondary N) is 2. The number of fused-ring (bicyclic) bond motifs is 1. The van der Waals surface area contributed by atoms with Gasteiger partial charge in [0.25, 0.3) is 5.91 Å². The monoisotopic (exact) mass is 420 g/mol.